The van der Waals surface area contributed by atoms with Crippen LogP contribution in [0.2, 0.25) is 0 Å². The zero-order chi connectivity index (χ0) is 10.8. The molecule has 0 saturated carbocycles. The third-order valence-electron chi connectivity index (χ3n) is 1.81. The fraction of sp³-hybridized carbons (Fsp3) is 0. The number of nitrogens with one attached hydrogen (secondary N) is 1. The maximum absolute atomic E-state index is 12.6. The molecule has 1 aromatic carbocycles. The predicted octanol–water partition coefficient (Wildman–Crippen LogP) is 2.95. The summed E-state index contributed by atoms with van der Waals surface area (Å²) in [6.07, 6.45) is 1.75. The highest BCUT2D eigenvalue weighted by Gasteiger charge is 2.21. The molecule has 0 aliphatic carbocycles. The Labute approximate surface area is 95.6 Å². The van der Waals surface area contributed by atoms with E-state index in [0.717, 1.165) is 17.3 Å². The van der Waals surface area contributed by atoms with Gasteiger partial charge in [-0.3, -0.25) is 4.79 Å². The highest BCUT2D eigenvalue weighted by molar-refractivity contribution is 8.19. The van der Waals surface area contributed by atoms with Crippen molar-refractivity contribution in [1.29, 1.82) is 0 Å². The molecule has 0 bridgehead atoms. The van der Waals surface area contributed by atoms with Crippen LogP contribution < -0.4 is 5.32 Å². The van der Waals surface area contributed by atoms with Crippen LogP contribution in [0.1, 0.15) is 5.56 Å². The molecule has 1 amide bonds. The zero-order valence-electron chi connectivity index (χ0n) is 7.49. The minimum atomic E-state index is -0.284. The molecule has 1 saturated heterocycles. The second-order valence-corrected chi connectivity index (χ2v) is 4.33. The second kappa shape index (κ2) is 4.12. The molecule has 0 atom stereocenters. The van der Waals surface area contributed by atoms with Crippen molar-refractivity contribution in [3.8, 4) is 0 Å². The van der Waals surface area contributed by atoms with Gasteiger partial charge in [0.2, 0.25) is 0 Å². The Bertz CT molecular complexity index is 453. The van der Waals surface area contributed by atoms with Crippen LogP contribution in [0.3, 0.4) is 0 Å². The molecule has 1 aliphatic heterocycles. The monoisotopic (exact) mass is 239 g/mol. The van der Waals surface area contributed by atoms with E-state index in [-0.39, 0.29) is 11.1 Å². The number of benzene rings is 1. The van der Waals surface area contributed by atoms with Crippen molar-refractivity contribution in [2.24, 2.45) is 0 Å². The van der Waals surface area contributed by atoms with Gasteiger partial charge in [-0.1, -0.05) is 24.4 Å². The first-order valence-electron chi connectivity index (χ1n) is 4.15. The van der Waals surface area contributed by atoms with E-state index in [1.165, 1.54) is 12.1 Å². The lowest BCUT2D eigenvalue weighted by atomic mass is 10.2. The summed E-state index contributed by atoms with van der Waals surface area (Å²) in [6.45, 7) is 0. The molecule has 0 unspecified atom stereocenters. The van der Waals surface area contributed by atoms with Crippen LogP contribution in [-0.4, -0.2) is 10.2 Å². The van der Waals surface area contributed by atoms with E-state index in [2.05, 4.69) is 5.32 Å². The molecule has 0 spiro atoms. The SMILES string of the molecule is O=C1NC(=S)/C(=C/c2ccc(F)cc2)S1. The summed E-state index contributed by atoms with van der Waals surface area (Å²) in [6, 6.07) is 6.00. The molecule has 0 radical (unpaired) electrons. The van der Waals surface area contributed by atoms with E-state index in [0.29, 0.717) is 9.89 Å². The number of hydrogen-bond donors (Lipinski definition) is 1. The largest absolute Gasteiger partial charge is 0.307 e. The van der Waals surface area contributed by atoms with Gasteiger partial charge < -0.3 is 5.32 Å². The number of hydrogen-bond acceptors (Lipinski definition) is 3. The van der Waals surface area contributed by atoms with Gasteiger partial charge >= 0.3 is 0 Å². The van der Waals surface area contributed by atoms with Crippen molar-refractivity contribution < 1.29 is 9.18 Å². The van der Waals surface area contributed by atoms with Crippen molar-refractivity contribution in [2.75, 3.05) is 0 Å². The molecular formula is C10H6FNOS2. The lowest BCUT2D eigenvalue weighted by Crippen LogP contribution is -2.15. The first kappa shape index (κ1) is 10.3. The normalized spacial score (nSPS) is 18.3. The number of halogens is 1. The van der Waals surface area contributed by atoms with Crippen LogP contribution in [0.25, 0.3) is 6.08 Å². The van der Waals surface area contributed by atoms with Gasteiger partial charge in [0, 0.05) is 0 Å². The summed E-state index contributed by atoms with van der Waals surface area (Å²) in [5.74, 6) is -0.284. The van der Waals surface area contributed by atoms with Crippen LogP contribution >= 0.6 is 24.0 Å². The molecular weight excluding hydrogens is 233 g/mol. The van der Waals surface area contributed by atoms with Gasteiger partial charge in [-0.25, -0.2) is 4.39 Å². The summed E-state index contributed by atoms with van der Waals surface area (Å²) >= 11 is 6.00. The summed E-state index contributed by atoms with van der Waals surface area (Å²) in [4.78, 5) is 12.1. The molecule has 5 heteroatoms. The number of thiocarbonyl (C=S) groups is 1. The summed E-state index contributed by atoms with van der Waals surface area (Å²) in [7, 11) is 0. The van der Waals surface area contributed by atoms with Gasteiger partial charge in [0.05, 0.1) is 4.91 Å². The van der Waals surface area contributed by atoms with E-state index in [1.54, 1.807) is 18.2 Å². The Balaban J connectivity index is 2.27. The van der Waals surface area contributed by atoms with Gasteiger partial charge in [0.15, 0.2) is 0 Å². The smallest absolute Gasteiger partial charge is 0.289 e. The van der Waals surface area contributed by atoms with Gasteiger partial charge in [-0.2, -0.15) is 0 Å². The van der Waals surface area contributed by atoms with Crippen molar-refractivity contribution >= 4 is 40.3 Å². The van der Waals surface area contributed by atoms with Gasteiger partial charge in [-0.05, 0) is 35.5 Å². The number of carbonyl (C=O) groups excluding carboxylic acids is 1. The Hall–Kier alpha value is -1.20. The summed E-state index contributed by atoms with van der Waals surface area (Å²) in [5.41, 5.74) is 0.817. The Morgan fingerprint density at radius 2 is 2.00 bits per heavy atom. The molecule has 1 fully saturated rings. The van der Waals surface area contributed by atoms with Crippen molar-refractivity contribution in [3.63, 3.8) is 0 Å². The predicted molar refractivity (Wildman–Crippen MR) is 63.1 cm³/mol. The minimum absolute atomic E-state index is 0.173. The first-order valence-corrected chi connectivity index (χ1v) is 5.38. The number of rotatable bonds is 1. The molecule has 76 valence electrons. The van der Waals surface area contributed by atoms with Gasteiger partial charge in [0.25, 0.3) is 5.24 Å². The molecule has 1 aliphatic rings. The standard InChI is InChI=1S/C10H6FNOS2/c11-7-3-1-6(2-4-7)5-8-9(14)12-10(13)15-8/h1-5H,(H,12,13,14)/b8-5-. The average molecular weight is 239 g/mol. The number of amides is 1. The highest BCUT2D eigenvalue weighted by Crippen LogP contribution is 2.26. The minimum Gasteiger partial charge on any atom is -0.307 e. The molecule has 2 nitrogen and oxygen atoms in total. The van der Waals surface area contributed by atoms with E-state index in [9.17, 15) is 9.18 Å². The van der Waals surface area contributed by atoms with E-state index >= 15 is 0 Å². The lowest BCUT2D eigenvalue weighted by Gasteiger charge is -1.95. The lowest BCUT2D eigenvalue weighted by molar-refractivity contribution is 0.265. The fourth-order valence-corrected chi connectivity index (χ4v) is 2.16. The summed E-state index contributed by atoms with van der Waals surface area (Å²) < 4.78 is 12.6. The third-order valence-corrected chi connectivity index (χ3v) is 3.09. The molecule has 1 N–H and O–H groups in total. The second-order valence-electron chi connectivity index (χ2n) is 2.90. The van der Waals surface area contributed by atoms with Crippen molar-refractivity contribution in [3.05, 3.63) is 40.6 Å². The zero-order valence-corrected chi connectivity index (χ0v) is 9.12. The molecule has 2 rings (SSSR count). The molecule has 15 heavy (non-hydrogen) atoms. The van der Waals surface area contributed by atoms with Gasteiger partial charge in [0.1, 0.15) is 10.8 Å². The van der Waals surface area contributed by atoms with Crippen molar-refractivity contribution in [2.45, 2.75) is 0 Å². The van der Waals surface area contributed by atoms with Crippen LogP contribution in [0.5, 0.6) is 0 Å². The number of carbonyl (C=O) groups is 1. The first-order chi connectivity index (χ1) is 7.15. The van der Waals surface area contributed by atoms with Crippen LogP contribution in [0.15, 0.2) is 29.2 Å². The highest BCUT2D eigenvalue weighted by atomic mass is 32.2. The Morgan fingerprint density at radius 1 is 1.33 bits per heavy atom. The average Bonchev–Trinajstić information content (AvgIpc) is 2.49. The topological polar surface area (TPSA) is 29.1 Å². The third kappa shape index (κ3) is 2.43. The van der Waals surface area contributed by atoms with Crippen LogP contribution in [-0.2, 0) is 0 Å². The fourth-order valence-electron chi connectivity index (χ4n) is 1.13. The maximum atomic E-state index is 12.6. The van der Waals surface area contributed by atoms with Gasteiger partial charge in [-0.15, -0.1) is 0 Å². The molecule has 1 aromatic rings. The summed E-state index contributed by atoms with van der Waals surface area (Å²) in [5, 5.41) is 2.34. The molecule has 1 heterocycles. The van der Waals surface area contributed by atoms with E-state index in [1.807, 2.05) is 0 Å². The van der Waals surface area contributed by atoms with Crippen LogP contribution in [0.4, 0.5) is 9.18 Å². The van der Waals surface area contributed by atoms with E-state index in [4.69, 9.17) is 12.2 Å². The van der Waals surface area contributed by atoms with Crippen LogP contribution in [0, 0.1) is 5.82 Å². The molecule has 0 aromatic heterocycles. The van der Waals surface area contributed by atoms with E-state index < -0.39 is 0 Å². The number of thioether (sulfide) groups is 1. The Kier molecular flexibility index (Phi) is 2.83. The Morgan fingerprint density at radius 3 is 2.53 bits per heavy atom. The maximum Gasteiger partial charge on any atom is 0.289 e. The van der Waals surface area contributed by atoms with Crippen molar-refractivity contribution in [1.82, 2.24) is 5.32 Å². The quantitative estimate of drug-likeness (QED) is 0.603.